The molecule has 2 aliphatic rings. The summed E-state index contributed by atoms with van der Waals surface area (Å²) in [4.78, 5) is 6.84. The van der Waals surface area contributed by atoms with Crippen molar-refractivity contribution in [2.75, 3.05) is 4.90 Å². The smallest absolute Gasteiger partial charge is 0.0859 e. The molecule has 2 heteroatoms. The van der Waals surface area contributed by atoms with Gasteiger partial charge in [-0.15, -0.1) is 0 Å². The third-order valence-corrected chi connectivity index (χ3v) is 10.3. The highest BCUT2D eigenvalue weighted by Gasteiger charge is 2.27. The number of nitrogens with zero attached hydrogens (tertiary/aromatic N) is 2. The Morgan fingerprint density at radius 3 is 2.17 bits per heavy atom. The first kappa shape index (κ1) is 28.3. The van der Waals surface area contributed by atoms with Gasteiger partial charge < -0.3 is 4.90 Å². The van der Waals surface area contributed by atoms with Crippen LogP contribution in [-0.2, 0) is 6.54 Å². The minimum atomic E-state index is 0.753. The fourth-order valence-electron chi connectivity index (χ4n) is 8.05. The fraction of sp³-hybridized carbons (Fsp3) is 0.0652. The summed E-state index contributed by atoms with van der Waals surface area (Å²) >= 11 is 0. The van der Waals surface area contributed by atoms with Crippen molar-refractivity contribution in [1.29, 1.82) is 0 Å². The van der Waals surface area contributed by atoms with Gasteiger partial charge in [0.1, 0.15) is 0 Å². The minimum Gasteiger partial charge on any atom is -0.335 e. The lowest BCUT2D eigenvalue weighted by molar-refractivity contribution is 0.970. The summed E-state index contributed by atoms with van der Waals surface area (Å²) < 4.78 is 0. The van der Waals surface area contributed by atoms with Gasteiger partial charge in [0, 0.05) is 12.1 Å². The van der Waals surface area contributed by atoms with Crippen LogP contribution in [0.2, 0.25) is 0 Å². The molecule has 0 bridgehead atoms. The molecule has 0 unspecified atom stereocenters. The zero-order valence-electron chi connectivity index (χ0n) is 27.2. The van der Waals surface area contributed by atoms with Crippen molar-refractivity contribution in [3.63, 3.8) is 0 Å². The van der Waals surface area contributed by atoms with Gasteiger partial charge in [0.25, 0.3) is 0 Å². The average Bonchev–Trinajstić information content (AvgIpc) is 3.45. The van der Waals surface area contributed by atoms with Crippen LogP contribution < -0.4 is 15.3 Å². The predicted octanol–water partition coefficient (Wildman–Crippen LogP) is 10.8. The van der Waals surface area contributed by atoms with Crippen molar-refractivity contribution in [3.05, 3.63) is 161 Å². The summed E-state index contributed by atoms with van der Waals surface area (Å²) in [6, 6.07) is 50.9. The van der Waals surface area contributed by atoms with E-state index in [0.717, 1.165) is 17.9 Å². The summed E-state index contributed by atoms with van der Waals surface area (Å²) in [6.07, 6.45) is 2.28. The second-order valence-corrected chi connectivity index (χ2v) is 12.8. The average molecular weight is 615 g/mol. The van der Waals surface area contributed by atoms with Gasteiger partial charge in [-0.05, 0) is 122 Å². The van der Waals surface area contributed by atoms with Gasteiger partial charge >= 0.3 is 0 Å². The quantitative estimate of drug-likeness (QED) is 0.180. The van der Waals surface area contributed by atoms with E-state index in [1.807, 2.05) is 12.1 Å². The number of hydrogen-bond acceptors (Lipinski definition) is 2. The zero-order valence-corrected chi connectivity index (χ0v) is 27.2. The molecule has 2 nitrogen and oxygen atoms in total. The van der Waals surface area contributed by atoms with E-state index in [4.69, 9.17) is 0 Å². The van der Waals surface area contributed by atoms with Gasteiger partial charge in [0.15, 0.2) is 0 Å². The Morgan fingerprint density at radius 1 is 0.583 bits per heavy atom. The molecule has 9 rings (SSSR count). The van der Waals surface area contributed by atoms with Crippen LogP contribution in [0.4, 0.5) is 17.1 Å². The van der Waals surface area contributed by atoms with Crippen LogP contribution in [0.25, 0.3) is 66.9 Å². The lowest BCUT2D eigenvalue weighted by Crippen LogP contribution is -2.28. The Balaban J connectivity index is 1.21. The highest BCUT2D eigenvalue weighted by molar-refractivity contribution is 5.99. The van der Waals surface area contributed by atoms with Gasteiger partial charge in [0.05, 0.1) is 17.1 Å². The van der Waals surface area contributed by atoms with E-state index in [-0.39, 0.29) is 0 Å². The van der Waals surface area contributed by atoms with Gasteiger partial charge in [-0.2, -0.15) is 0 Å². The lowest BCUT2D eigenvalue weighted by Gasteiger charge is -2.34. The molecule has 1 aliphatic carbocycles. The van der Waals surface area contributed by atoms with Crippen LogP contribution >= 0.6 is 0 Å². The Hall–Kier alpha value is -5.99. The molecule has 7 aromatic carbocycles. The molecule has 0 radical (unpaired) electrons. The van der Waals surface area contributed by atoms with Crippen LogP contribution in [0.5, 0.6) is 0 Å². The molecule has 1 aliphatic heterocycles. The first-order valence-electron chi connectivity index (χ1n) is 16.6. The van der Waals surface area contributed by atoms with Crippen molar-refractivity contribution in [1.82, 2.24) is 0 Å². The van der Waals surface area contributed by atoms with Gasteiger partial charge in [-0.3, -0.25) is 4.99 Å². The van der Waals surface area contributed by atoms with Crippen molar-refractivity contribution in [2.24, 2.45) is 4.99 Å². The van der Waals surface area contributed by atoms with Crippen LogP contribution in [-0.4, -0.2) is 6.72 Å². The number of aliphatic imine (C=N–C) groups is 1. The molecule has 0 saturated carbocycles. The molecule has 0 N–H and O–H groups in total. The molecule has 0 spiro atoms. The van der Waals surface area contributed by atoms with Gasteiger partial charge in [-0.1, -0.05) is 121 Å². The molecule has 228 valence electrons. The van der Waals surface area contributed by atoms with E-state index in [9.17, 15) is 0 Å². The number of rotatable bonds is 4. The van der Waals surface area contributed by atoms with E-state index in [1.165, 1.54) is 88.1 Å². The molecule has 48 heavy (non-hydrogen) atoms. The normalized spacial score (nSPS) is 13.2. The summed E-state index contributed by atoms with van der Waals surface area (Å²) in [5.74, 6) is 0. The van der Waals surface area contributed by atoms with E-state index < -0.39 is 0 Å². The van der Waals surface area contributed by atoms with Crippen LogP contribution in [0.1, 0.15) is 25.0 Å². The Kier molecular flexibility index (Phi) is 6.51. The summed E-state index contributed by atoms with van der Waals surface area (Å²) in [5.41, 5.74) is 17.2. The Labute approximate surface area is 281 Å². The van der Waals surface area contributed by atoms with Gasteiger partial charge in [-0.25, -0.2) is 0 Å². The Bertz CT molecular complexity index is 2590. The molecule has 0 aromatic heterocycles. The molecule has 0 saturated heterocycles. The van der Waals surface area contributed by atoms with E-state index in [0.29, 0.717) is 0 Å². The summed E-state index contributed by atoms with van der Waals surface area (Å²) in [5, 5.41) is 5.20. The molecule has 1 heterocycles. The van der Waals surface area contributed by atoms with Crippen LogP contribution in [0.3, 0.4) is 0 Å². The van der Waals surface area contributed by atoms with Crippen molar-refractivity contribution in [2.45, 2.75) is 20.4 Å². The first-order chi connectivity index (χ1) is 23.6. The third-order valence-electron chi connectivity index (χ3n) is 10.3. The van der Waals surface area contributed by atoms with Gasteiger partial charge in [0.2, 0.25) is 0 Å². The highest BCUT2D eigenvalue weighted by Crippen LogP contribution is 2.48. The number of hydrogen-bond donors (Lipinski definition) is 0. The number of fused-ring (bicyclic) bond motifs is 8. The monoisotopic (exact) mass is 614 g/mol. The van der Waals surface area contributed by atoms with Crippen LogP contribution in [0, 0.1) is 0 Å². The number of anilines is 2. The predicted molar refractivity (Wildman–Crippen MR) is 205 cm³/mol. The van der Waals surface area contributed by atoms with Crippen molar-refractivity contribution in [3.8, 4) is 44.5 Å². The molecule has 0 amide bonds. The van der Waals surface area contributed by atoms with E-state index >= 15 is 0 Å². The second kappa shape index (κ2) is 11.1. The van der Waals surface area contributed by atoms with Crippen molar-refractivity contribution < 1.29 is 0 Å². The zero-order chi connectivity index (χ0) is 32.4. The second-order valence-electron chi connectivity index (χ2n) is 12.8. The number of benzene rings is 7. The standard InChI is InChI=1S/C46H34N2/c1-4-34-37(24-25-41-38-17-8-7-15-35(38)29(2)46(34)41)33-14-11-13-31(26-33)32-21-23-40-39-22-20-30-12-5-6-16-36(30)42(39)28-48(45(40)27-32)44-19-10-9-18-43(44)47-3/h4-27H,3,28H2,1-2H3/b34-4-. The topological polar surface area (TPSA) is 15.6 Å². The SMILES string of the molecule is C=Nc1ccccc1N1Cc2c(ccc3ccccc23)-c2ccc(-c3cccc(-c4ccc5c(/c4=C\C)=C(C)c4ccccc4-5)c3)cc21. The highest BCUT2D eigenvalue weighted by atomic mass is 15.2. The van der Waals surface area contributed by atoms with E-state index in [2.05, 4.69) is 164 Å². The van der Waals surface area contributed by atoms with Crippen molar-refractivity contribution >= 4 is 46.2 Å². The molecule has 0 atom stereocenters. The fourth-order valence-corrected chi connectivity index (χ4v) is 8.05. The molecular formula is C46H34N2. The molecule has 0 fully saturated rings. The summed E-state index contributed by atoms with van der Waals surface area (Å²) in [6.45, 7) is 9.09. The first-order valence-corrected chi connectivity index (χ1v) is 16.6. The minimum absolute atomic E-state index is 0.753. The maximum atomic E-state index is 4.43. The molecule has 7 aromatic rings. The van der Waals surface area contributed by atoms with Crippen LogP contribution in [0.15, 0.2) is 145 Å². The molecular weight excluding hydrogens is 581 g/mol. The maximum absolute atomic E-state index is 4.43. The Morgan fingerprint density at radius 2 is 1.29 bits per heavy atom. The number of para-hydroxylation sites is 2. The largest absolute Gasteiger partial charge is 0.335 e. The lowest BCUT2D eigenvalue weighted by atomic mass is 9.87. The maximum Gasteiger partial charge on any atom is 0.0859 e. The summed E-state index contributed by atoms with van der Waals surface area (Å²) in [7, 11) is 0. The third kappa shape index (κ3) is 4.23. The van der Waals surface area contributed by atoms with E-state index in [1.54, 1.807) is 0 Å².